The molecule has 3 nitrogen and oxygen atoms in total. The molecule has 0 spiro atoms. The minimum absolute atomic E-state index is 0.0539. The van der Waals surface area contributed by atoms with Crippen molar-refractivity contribution < 1.29 is 4.79 Å². The lowest BCUT2D eigenvalue weighted by Crippen LogP contribution is -2.37. The van der Waals surface area contributed by atoms with Gasteiger partial charge in [-0.1, -0.05) is 45.4 Å². The van der Waals surface area contributed by atoms with Crippen molar-refractivity contribution in [3.8, 4) is 0 Å². The molecule has 4 heteroatoms. The van der Waals surface area contributed by atoms with E-state index in [-0.39, 0.29) is 11.3 Å². The van der Waals surface area contributed by atoms with Gasteiger partial charge in [-0.05, 0) is 29.5 Å². The largest absolute Gasteiger partial charge is 0.325 e. The molecule has 0 saturated heterocycles. The summed E-state index contributed by atoms with van der Waals surface area (Å²) in [4.78, 5) is 11.8. The Balaban J connectivity index is 2.37. The Bertz CT molecular complexity index is 430. The smallest absolute Gasteiger partial charge is 0.238 e. The van der Waals surface area contributed by atoms with Crippen LogP contribution in [0.3, 0.4) is 0 Å². The Hall–Kier alpha value is -1.06. The number of amides is 1. The van der Waals surface area contributed by atoms with E-state index in [0.29, 0.717) is 17.5 Å². The van der Waals surface area contributed by atoms with Crippen LogP contribution >= 0.6 is 11.6 Å². The second kappa shape index (κ2) is 6.92. The molecule has 0 aliphatic heterocycles. The molecule has 2 N–H and O–H groups in total. The fourth-order valence-corrected chi connectivity index (χ4v) is 1.66. The molecular weight excluding hydrogens is 260 g/mol. The Labute approximate surface area is 120 Å². The van der Waals surface area contributed by atoms with Crippen LogP contribution in [-0.2, 0) is 4.79 Å². The summed E-state index contributed by atoms with van der Waals surface area (Å²) in [6, 6.07) is 7.15. The maximum Gasteiger partial charge on any atom is 0.238 e. The summed E-state index contributed by atoms with van der Waals surface area (Å²) in [5.74, 6) is 0.512. The molecule has 0 unspecified atom stereocenters. The first-order chi connectivity index (χ1) is 8.81. The van der Waals surface area contributed by atoms with E-state index >= 15 is 0 Å². The lowest BCUT2D eigenvalue weighted by molar-refractivity contribution is -0.115. The lowest BCUT2D eigenvalue weighted by atomic mass is 9.81. The van der Waals surface area contributed by atoms with Crippen molar-refractivity contribution in [3.63, 3.8) is 0 Å². The topological polar surface area (TPSA) is 41.1 Å². The number of rotatable bonds is 6. The third-order valence-electron chi connectivity index (χ3n) is 3.54. The number of carbonyl (C=O) groups is 1. The standard InChI is InChI=1S/C15H23ClN2O/c1-11(2)15(3,4)10-17-9-14(19)18-13-7-5-6-12(16)8-13/h5-8,11,17H,9-10H2,1-4H3,(H,18,19). The lowest BCUT2D eigenvalue weighted by Gasteiger charge is -2.29. The Kier molecular flexibility index (Phi) is 5.83. The molecule has 0 atom stereocenters. The number of nitrogens with one attached hydrogen (secondary N) is 2. The van der Waals surface area contributed by atoms with Crippen molar-refractivity contribution >= 4 is 23.2 Å². The van der Waals surface area contributed by atoms with Crippen LogP contribution in [0.2, 0.25) is 5.02 Å². The highest BCUT2D eigenvalue weighted by atomic mass is 35.5. The highest BCUT2D eigenvalue weighted by Gasteiger charge is 2.21. The van der Waals surface area contributed by atoms with Crippen LogP contribution < -0.4 is 10.6 Å². The van der Waals surface area contributed by atoms with E-state index in [1.165, 1.54) is 0 Å². The zero-order valence-corrected chi connectivity index (χ0v) is 12.8. The van der Waals surface area contributed by atoms with E-state index in [9.17, 15) is 4.79 Å². The summed E-state index contributed by atoms with van der Waals surface area (Å²) in [5, 5.41) is 6.63. The van der Waals surface area contributed by atoms with Crippen LogP contribution in [0, 0.1) is 11.3 Å². The van der Waals surface area contributed by atoms with Gasteiger partial charge in [-0.2, -0.15) is 0 Å². The molecule has 0 fully saturated rings. The molecule has 0 aromatic heterocycles. The van der Waals surface area contributed by atoms with Gasteiger partial charge in [-0.25, -0.2) is 0 Å². The normalized spacial score (nSPS) is 11.7. The van der Waals surface area contributed by atoms with Crippen LogP contribution in [0.5, 0.6) is 0 Å². The molecule has 0 aliphatic rings. The number of hydrogen-bond donors (Lipinski definition) is 2. The first-order valence-electron chi connectivity index (χ1n) is 6.57. The van der Waals surface area contributed by atoms with Gasteiger partial charge >= 0.3 is 0 Å². The van der Waals surface area contributed by atoms with E-state index in [4.69, 9.17) is 11.6 Å². The first-order valence-corrected chi connectivity index (χ1v) is 6.95. The molecule has 0 aliphatic carbocycles. The van der Waals surface area contributed by atoms with Gasteiger partial charge in [0.05, 0.1) is 6.54 Å². The first kappa shape index (κ1) is 16.0. The number of hydrogen-bond acceptors (Lipinski definition) is 2. The van der Waals surface area contributed by atoms with Crippen molar-refractivity contribution in [1.29, 1.82) is 0 Å². The Morgan fingerprint density at radius 2 is 2.05 bits per heavy atom. The second-order valence-corrected chi connectivity index (χ2v) is 6.24. The minimum Gasteiger partial charge on any atom is -0.325 e. The predicted octanol–water partition coefficient (Wildman–Crippen LogP) is 3.55. The average Bonchev–Trinajstić information content (AvgIpc) is 2.28. The molecule has 1 rings (SSSR count). The second-order valence-electron chi connectivity index (χ2n) is 5.81. The quantitative estimate of drug-likeness (QED) is 0.838. The zero-order chi connectivity index (χ0) is 14.5. The van der Waals surface area contributed by atoms with Crippen molar-refractivity contribution in [3.05, 3.63) is 29.3 Å². The van der Waals surface area contributed by atoms with Gasteiger partial charge in [0.15, 0.2) is 0 Å². The number of carbonyl (C=O) groups excluding carboxylic acids is 1. The SMILES string of the molecule is CC(C)C(C)(C)CNCC(=O)Nc1cccc(Cl)c1. The third-order valence-corrected chi connectivity index (χ3v) is 3.77. The summed E-state index contributed by atoms with van der Waals surface area (Å²) < 4.78 is 0. The van der Waals surface area contributed by atoms with Gasteiger partial charge in [0, 0.05) is 17.3 Å². The fraction of sp³-hybridized carbons (Fsp3) is 0.533. The van der Waals surface area contributed by atoms with Crippen molar-refractivity contribution in [2.24, 2.45) is 11.3 Å². The van der Waals surface area contributed by atoms with Crippen molar-refractivity contribution in [2.75, 3.05) is 18.4 Å². The molecule has 106 valence electrons. The highest BCUT2D eigenvalue weighted by molar-refractivity contribution is 6.30. The summed E-state index contributed by atoms with van der Waals surface area (Å²) >= 11 is 5.86. The fourth-order valence-electron chi connectivity index (χ4n) is 1.47. The van der Waals surface area contributed by atoms with Gasteiger partial charge in [0.1, 0.15) is 0 Å². The average molecular weight is 283 g/mol. The van der Waals surface area contributed by atoms with Gasteiger partial charge in [-0.15, -0.1) is 0 Å². The zero-order valence-electron chi connectivity index (χ0n) is 12.1. The maximum absolute atomic E-state index is 11.8. The van der Waals surface area contributed by atoms with Crippen LogP contribution in [0.4, 0.5) is 5.69 Å². The van der Waals surface area contributed by atoms with Gasteiger partial charge in [0.2, 0.25) is 5.91 Å². The Morgan fingerprint density at radius 3 is 2.63 bits per heavy atom. The molecule has 19 heavy (non-hydrogen) atoms. The monoisotopic (exact) mass is 282 g/mol. The molecular formula is C15H23ClN2O. The summed E-state index contributed by atoms with van der Waals surface area (Å²) in [6.07, 6.45) is 0. The number of anilines is 1. The van der Waals surface area contributed by atoms with E-state index in [0.717, 1.165) is 12.2 Å². The van der Waals surface area contributed by atoms with E-state index < -0.39 is 0 Å². The number of halogens is 1. The van der Waals surface area contributed by atoms with Crippen molar-refractivity contribution in [2.45, 2.75) is 27.7 Å². The van der Waals surface area contributed by atoms with Crippen LogP contribution in [0.25, 0.3) is 0 Å². The third kappa shape index (κ3) is 5.62. The van der Waals surface area contributed by atoms with Crippen molar-refractivity contribution in [1.82, 2.24) is 5.32 Å². The molecule has 0 heterocycles. The summed E-state index contributed by atoms with van der Waals surface area (Å²) in [7, 11) is 0. The van der Waals surface area contributed by atoms with Gasteiger partial charge < -0.3 is 10.6 Å². The molecule has 1 aromatic carbocycles. The van der Waals surface area contributed by atoms with Crippen LogP contribution in [0.15, 0.2) is 24.3 Å². The van der Waals surface area contributed by atoms with E-state index in [1.54, 1.807) is 12.1 Å². The predicted molar refractivity (Wildman–Crippen MR) is 81.6 cm³/mol. The van der Waals surface area contributed by atoms with Gasteiger partial charge in [0.25, 0.3) is 0 Å². The van der Waals surface area contributed by atoms with Crippen LogP contribution in [-0.4, -0.2) is 19.0 Å². The number of benzene rings is 1. The van der Waals surface area contributed by atoms with Crippen LogP contribution in [0.1, 0.15) is 27.7 Å². The van der Waals surface area contributed by atoms with E-state index in [2.05, 4.69) is 38.3 Å². The molecule has 1 aromatic rings. The van der Waals surface area contributed by atoms with Gasteiger partial charge in [-0.3, -0.25) is 4.79 Å². The minimum atomic E-state index is -0.0539. The summed E-state index contributed by atoms with van der Waals surface area (Å²) in [5.41, 5.74) is 0.901. The molecule has 0 bridgehead atoms. The molecule has 0 saturated carbocycles. The Morgan fingerprint density at radius 1 is 1.37 bits per heavy atom. The van der Waals surface area contributed by atoms with E-state index in [1.807, 2.05) is 12.1 Å². The molecule has 0 radical (unpaired) electrons. The highest BCUT2D eigenvalue weighted by Crippen LogP contribution is 2.24. The summed E-state index contributed by atoms with van der Waals surface area (Å²) in [6.45, 7) is 9.89. The maximum atomic E-state index is 11.8. The molecule has 1 amide bonds.